The van der Waals surface area contributed by atoms with Crippen LogP contribution < -0.4 is 5.32 Å². The van der Waals surface area contributed by atoms with Crippen molar-refractivity contribution in [3.63, 3.8) is 0 Å². The van der Waals surface area contributed by atoms with Gasteiger partial charge in [-0.15, -0.1) is 11.3 Å². The van der Waals surface area contributed by atoms with Gasteiger partial charge in [0.1, 0.15) is 10.9 Å². The zero-order valence-corrected chi connectivity index (χ0v) is 23.6. The summed E-state index contributed by atoms with van der Waals surface area (Å²) in [5.74, 6) is -0.812. The van der Waals surface area contributed by atoms with Crippen LogP contribution in [-0.2, 0) is 21.1 Å². The molecule has 10 heteroatoms. The van der Waals surface area contributed by atoms with E-state index in [1.165, 1.54) is 11.3 Å². The van der Waals surface area contributed by atoms with Crippen molar-refractivity contribution in [1.82, 2.24) is 4.98 Å². The Balaban J connectivity index is 1.32. The van der Waals surface area contributed by atoms with Crippen molar-refractivity contribution in [1.29, 1.82) is 0 Å². The number of alkyl halides is 3. The quantitative estimate of drug-likeness (QED) is 0.194. The number of carbonyl (C=O) groups is 2. The van der Waals surface area contributed by atoms with Crippen molar-refractivity contribution in [2.45, 2.75) is 37.5 Å². The number of nitrogens with zero attached hydrogens (tertiary/aromatic N) is 1. The first-order chi connectivity index (χ1) is 20.5. The first kappa shape index (κ1) is 28.4. The molecule has 2 N–H and O–H groups in total. The number of aliphatic carboxylic acids is 1. The fourth-order valence-corrected chi connectivity index (χ4v) is 6.18. The smallest absolute Gasteiger partial charge is 0.417 e. The molecular formula is C33H25F3N2O4S. The number of halogens is 3. The summed E-state index contributed by atoms with van der Waals surface area (Å²) in [4.78, 5) is 29.6. The molecule has 0 aliphatic heterocycles. The molecule has 2 aromatic heterocycles. The molecule has 5 aromatic rings. The van der Waals surface area contributed by atoms with Gasteiger partial charge in [0, 0.05) is 11.6 Å². The van der Waals surface area contributed by atoms with Gasteiger partial charge in [-0.05, 0) is 53.6 Å². The molecule has 0 bridgehead atoms. The van der Waals surface area contributed by atoms with Gasteiger partial charge >= 0.3 is 18.2 Å². The average molecular weight is 603 g/mol. The molecule has 43 heavy (non-hydrogen) atoms. The molecule has 6 rings (SSSR count). The summed E-state index contributed by atoms with van der Waals surface area (Å²) < 4.78 is 46.2. The number of anilines is 1. The molecule has 1 aliphatic rings. The van der Waals surface area contributed by atoms with Crippen LogP contribution in [0.1, 0.15) is 42.6 Å². The molecule has 1 fully saturated rings. The fourth-order valence-electron chi connectivity index (χ4n) is 5.10. The van der Waals surface area contributed by atoms with Crippen LogP contribution >= 0.6 is 11.3 Å². The van der Waals surface area contributed by atoms with Crippen LogP contribution in [0.25, 0.3) is 31.8 Å². The number of hydrogen-bond acceptors (Lipinski definition) is 5. The molecule has 0 unspecified atom stereocenters. The predicted molar refractivity (Wildman–Crippen MR) is 159 cm³/mol. The van der Waals surface area contributed by atoms with E-state index in [4.69, 9.17) is 4.74 Å². The van der Waals surface area contributed by atoms with Crippen LogP contribution in [0.15, 0.2) is 91.1 Å². The summed E-state index contributed by atoms with van der Waals surface area (Å²) in [6.45, 7) is 1.71. The van der Waals surface area contributed by atoms with Crippen molar-refractivity contribution in [3.05, 3.63) is 108 Å². The Bertz CT molecular complexity index is 1810. The molecule has 1 saturated carbocycles. The summed E-state index contributed by atoms with van der Waals surface area (Å²) in [7, 11) is 0. The second kappa shape index (κ2) is 10.9. The van der Waals surface area contributed by atoms with Gasteiger partial charge in [-0.25, -0.2) is 9.78 Å². The van der Waals surface area contributed by atoms with Gasteiger partial charge in [0.05, 0.1) is 21.5 Å². The minimum Gasteiger partial charge on any atom is -0.481 e. The maximum absolute atomic E-state index is 13.6. The molecule has 0 spiro atoms. The summed E-state index contributed by atoms with van der Waals surface area (Å²) in [6.07, 6.45) is -3.97. The number of carbonyl (C=O) groups excluding carboxylic acids is 1. The van der Waals surface area contributed by atoms with Crippen LogP contribution in [0.4, 0.5) is 23.7 Å². The molecule has 0 radical (unpaired) electrons. The van der Waals surface area contributed by atoms with Gasteiger partial charge in [-0.2, -0.15) is 13.2 Å². The summed E-state index contributed by atoms with van der Waals surface area (Å²) in [6, 6.07) is 24.9. The van der Waals surface area contributed by atoms with E-state index in [1.54, 1.807) is 6.92 Å². The Labute approximate surface area is 248 Å². The number of nitrogens with one attached hydrogen (secondary N) is 1. The van der Waals surface area contributed by atoms with Crippen LogP contribution in [0.3, 0.4) is 0 Å². The Morgan fingerprint density at radius 3 is 2.14 bits per heavy atom. The number of carboxylic acids is 1. The first-order valence-electron chi connectivity index (χ1n) is 13.5. The Morgan fingerprint density at radius 2 is 1.56 bits per heavy atom. The van der Waals surface area contributed by atoms with Gasteiger partial charge in [-0.1, -0.05) is 78.9 Å². The molecule has 1 aliphatic carbocycles. The van der Waals surface area contributed by atoms with Gasteiger partial charge in [0.25, 0.3) is 0 Å². The van der Waals surface area contributed by atoms with E-state index in [-0.39, 0.29) is 11.1 Å². The standard InChI is InChI=1S/C33H25F3N2O4S/c1-19(20-5-3-2-4-6-20)42-31(41)38-27-26-17-25(33(34,35)36)18-37-29(26)43-28(27)23-9-7-21(8-10-23)22-11-13-24(14-12-22)32(15-16-32)30(39)40/h2-14,17-19H,15-16H2,1H3,(H,38,41)(H,39,40)/t19-/m1/s1. The second-order valence-electron chi connectivity index (χ2n) is 10.5. The highest BCUT2D eigenvalue weighted by Crippen LogP contribution is 2.49. The third kappa shape index (κ3) is 5.58. The number of hydrogen-bond donors (Lipinski definition) is 2. The minimum absolute atomic E-state index is 0.159. The number of aromatic nitrogens is 1. The van der Waals surface area contributed by atoms with E-state index in [1.807, 2.05) is 78.9 Å². The van der Waals surface area contributed by atoms with E-state index in [9.17, 15) is 27.9 Å². The SMILES string of the molecule is C[C@@H](OC(=O)Nc1c(-c2ccc(-c3ccc(C4(C(=O)O)CC4)cc3)cc2)sc2ncc(C(F)(F)F)cc12)c1ccccc1. The Morgan fingerprint density at radius 1 is 0.953 bits per heavy atom. The van der Waals surface area contributed by atoms with E-state index in [2.05, 4.69) is 10.3 Å². The number of thiophene rings is 1. The molecule has 218 valence electrons. The van der Waals surface area contributed by atoms with Crippen LogP contribution in [0.2, 0.25) is 0 Å². The summed E-state index contributed by atoms with van der Waals surface area (Å²) in [5.41, 5.74) is 2.46. The third-order valence-electron chi connectivity index (χ3n) is 7.73. The minimum atomic E-state index is -4.61. The highest BCUT2D eigenvalue weighted by Gasteiger charge is 2.51. The highest BCUT2D eigenvalue weighted by atomic mass is 32.1. The molecule has 3 aromatic carbocycles. The van der Waals surface area contributed by atoms with Crippen molar-refractivity contribution in [3.8, 4) is 21.6 Å². The Kier molecular flexibility index (Phi) is 7.17. The fraction of sp³-hybridized carbons (Fsp3) is 0.182. The van der Waals surface area contributed by atoms with E-state index < -0.39 is 35.3 Å². The highest BCUT2D eigenvalue weighted by molar-refractivity contribution is 7.22. The van der Waals surface area contributed by atoms with Crippen molar-refractivity contribution in [2.75, 3.05) is 5.32 Å². The number of fused-ring (bicyclic) bond motifs is 1. The lowest BCUT2D eigenvalue weighted by Crippen LogP contribution is -2.19. The van der Waals surface area contributed by atoms with Crippen molar-refractivity contribution >= 4 is 39.3 Å². The molecule has 2 heterocycles. The second-order valence-corrected chi connectivity index (χ2v) is 11.5. The third-order valence-corrected chi connectivity index (χ3v) is 8.89. The molecule has 0 saturated heterocycles. The maximum atomic E-state index is 13.6. The van der Waals surface area contributed by atoms with Crippen LogP contribution in [0, 0.1) is 0 Å². The summed E-state index contributed by atoms with van der Waals surface area (Å²) >= 11 is 1.17. The summed E-state index contributed by atoms with van der Waals surface area (Å²) in [5, 5.41) is 12.4. The van der Waals surface area contributed by atoms with E-state index in [0.29, 0.717) is 28.1 Å². The van der Waals surface area contributed by atoms with E-state index in [0.717, 1.165) is 34.5 Å². The molecule has 1 amide bonds. The monoisotopic (exact) mass is 602 g/mol. The molecule has 1 atom stereocenters. The number of pyridine rings is 1. The topological polar surface area (TPSA) is 88.5 Å². The number of benzene rings is 3. The maximum Gasteiger partial charge on any atom is 0.417 e. The predicted octanol–water partition coefficient (Wildman–Crippen LogP) is 9.07. The number of carboxylic acid groups (broad SMARTS) is 1. The lowest BCUT2D eigenvalue weighted by Gasteiger charge is -2.15. The van der Waals surface area contributed by atoms with Gasteiger partial charge in [0.15, 0.2) is 0 Å². The largest absolute Gasteiger partial charge is 0.481 e. The first-order valence-corrected chi connectivity index (χ1v) is 14.3. The number of amides is 1. The lowest BCUT2D eigenvalue weighted by atomic mass is 9.93. The number of rotatable bonds is 7. The van der Waals surface area contributed by atoms with Crippen molar-refractivity contribution < 1.29 is 32.6 Å². The number of ether oxygens (including phenoxy) is 1. The average Bonchev–Trinajstić information content (AvgIpc) is 3.75. The van der Waals surface area contributed by atoms with Gasteiger partial charge < -0.3 is 9.84 Å². The Hall–Kier alpha value is -4.70. The van der Waals surface area contributed by atoms with Gasteiger partial charge in [-0.3, -0.25) is 10.1 Å². The molecule has 6 nitrogen and oxygen atoms in total. The van der Waals surface area contributed by atoms with Crippen molar-refractivity contribution in [2.24, 2.45) is 0 Å². The zero-order chi connectivity index (χ0) is 30.4. The lowest BCUT2D eigenvalue weighted by molar-refractivity contribution is -0.140. The van der Waals surface area contributed by atoms with Crippen LogP contribution in [-0.4, -0.2) is 22.2 Å². The zero-order valence-electron chi connectivity index (χ0n) is 22.8. The molecular weight excluding hydrogens is 577 g/mol. The van der Waals surface area contributed by atoms with E-state index >= 15 is 0 Å². The van der Waals surface area contributed by atoms with Gasteiger partial charge in [0.2, 0.25) is 0 Å². The normalized spacial score (nSPS) is 14.7. The van der Waals surface area contributed by atoms with Crippen LogP contribution in [0.5, 0.6) is 0 Å².